The summed E-state index contributed by atoms with van der Waals surface area (Å²) in [6.07, 6.45) is 3.32. The second-order valence-corrected chi connectivity index (χ2v) is 3.77. The molecule has 0 N–H and O–H groups in total. The number of nitrogens with zero attached hydrogens (tertiary/aromatic N) is 2. The van der Waals surface area contributed by atoms with Crippen molar-refractivity contribution in [2.75, 3.05) is 7.11 Å². The largest absolute Gasteiger partial charge is 1.00 e. The van der Waals surface area contributed by atoms with E-state index in [9.17, 15) is 4.79 Å². The van der Waals surface area contributed by atoms with Gasteiger partial charge in [0.05, 0.1) is 26.6 Å². The van der Waals surface area contributed by atoms with Gasteiger partial charge in [-0.3, -0.25) is 4.79 Å². The van der Waals surface area contributed by atoms with E-state index in [1.165, 1.54) is 18.6 Å². The van der Waals surface area contributed by atoms with E-state index in [0.717, 1.165) is 19.5 Å². The number of methoxy groups -OCH3 is 1. The molecular weight excluding hydrogens is 284 g/mol. The molecule has 1 aromatic heterocycles. The fourth-order valence-electron chi connectivity index (χ4n) is 1.99. The van der Waals surface area contributed by atoms with Gasteiger partial charge in [-0.2, -0.15) is 0 Å². The van der Waals surface area contributed by atoms with E-state index in [0.29, 0.717) is 6.42 Å². The number of aryl methyl sites for hydroxylation is 2. The van der Waals surface area contributed by atoms with E-state index in [1.807, 2.05) is 0 Å². The van der Waals surface area contributed by atoms with E-state index >= 15 is 0 Å². The van der Waals surface area contributed by atoms with Gasteiger partial charge in [0.15, 0.2) is 0 Å². The predicted octanol–water partition coefficient (Wildman–Crippen LogP) is -1.77. The van der Waals surface area contributed by atoms with Crippen LogP contribution in [0.5, 0.6) is 0 Å². The molecule has 1 heterocycles. The fraction of sp³-hybridized carbons (Fsp3) is 0.667. The van der Waals surface area contributed by atoms with Crippen LogP contribution >= 0.6 is 0 Å². The topological polar surface area (TPSA) is 35.1 Å². The van der Waals surface area contributed by atoms with Gasteiger partial charge in [0, 0.05) is 13.3 Å². The zero-order chi connectivity index (χ0) is 12.1. The molecule has 0 bridgehead atoms. The number of imidazole rings is 1. The maximum absolute atomic E-state index is 11.1. The molecule has 0 fully saturated rings. The summed E-state index contributed by atoms with van der Waals surface area (Å²) < 4.78 is 9.10. The highest BCUT2D eigenvalue weighted by Gasteiger charge is 2.18. The molecule has 0 saturated carbocycles. The van der Waals surface area contributed by atoms with E-state index in [2.05, 4.69) is 40.8 Å². The van der Waals surface area contributed by atoms with Crippen LogP contribution in [0.15, 0.2) is 6.20 Å². The highest BCUT2D eigenvalue weighted by Crippen LogP contribution is 2.06. The second kappa shape index (κ2) is 7.48. The molecule has 0 saturated heterocycles. The third kappa shape index (κ3) is 3.84. The molecule has 0 aliphatic rings. The van der Waals surface area contributed by atoms with Crippen LogP contribution < -0.4 is 21.5 Å². The lowest BCUT2D eigenvalue weighted by Gasteiger charge is -2.00. The number of esters is 1. The zero-order valence-electron chi connectivity index (χ0n) is 11.0. The molecule has 0 atom stereocenters. The van der Waals surface area contributed by atoms with Gasteiger partial charge in [-0.25, -0.2) is 9.13 Å². The molecule has 0 aromatic carbocycles. The Hall–Kier alpha value is -0.840. The Labute approximate surface area is 113 Å². The Morgan fingerprint density at radius 2 is 2.12 bits per heavy atom. The molecule has 0 spiro atoms. The van der Waals surface area contributed by atoms with Crippen LogP contribution in [0.2, 0.25) is 0 Å². The Morgan fingerprint density at radius 1 is 1.47 bits per heavy atom. The minimum Gasteiger partial charge on any atom is -1.00 e. The monoisotopic (exact) mass is 304 g/mol. The molecule has 5 heteroatoms. The SMILES string of the molecule is CCn1c(CCC(=O)OC)c[n+](CC)c1C.[Br-]. The smallest absolute Gasteiger partial charge is 0.305 e. The summed E-state index contributed by atoms with van der Waals surface area (Å²) in [7, 11) is 1.43. The van der Waals surface area contributed by atoms with Crippen molar-refractivity contribution in [3.8, 4) is 0 Å². The average Bonchev–Trinajstić information content (AvgIpc) is 2.61. The first-order chi connectivity index (χ1) is 7.63. The van der Waals surface area contributed by atoms with E-state index in [4.69, 9.17) is 0 Å². The molecule has 1 rings (SSSR count). The predicted molar refractivity (Wildman–Crippen MR) is 61.0 cm³/mol. The van der Waals surface area contributed by atoms with E-state index in [-0.39, 0.29) is 23.0 Å². The van der Waals surface area contributed by atoms with Crippen molar-refractivity contribution < 1.29 is 31.1 Å². The maximum atomic E-state index is 11.1. The average molecular weight is 305 g/mol. The number of rotatable bonds is 5. The number of hydrogen-bond acceptors (Lipinski definition) is 2. The van der Waals surface area contributed by atoms with Gasteiger partial charge >= 0.3 is 5.97 Å². The molecule has 1 aromatic rings. The normalized spacial score (nSPS) is 9.88. The van der Waals surface area contributed by atoms with Crippen LogP contribution in [-0.2, 0) is 29.0 Å². The van der Waals surface area contributed by atoms with Gasteiger partial charge in [-0.1, -0.05) is 0 Å². The van der Waals surface area contributed by atoms with Crippen LogP contribution in [0, 0.1) is 6.92 Å². The molecule has 98 valence electrons. The van der Waals surface area contributed by atoms with Crippen molar-refractivity contribution in [1.82, 2.24) is 4.57 Å². The highest BCUT2D eigenvalue weighted by atomic mass is 79.9. The fourth-order valence-corrected chi connectivity index (χ4v) is 1.99. The first-order valence-corrected chi connectivity index (χ1v) is 5.79. The molecular formula is C12H21BrN2O2. The quantitative estimate of drug-likeness (QED) is 0.477. The first kappa shape index (κ1) is 16.2. The van der Waals surface area contributed by atoms with Crippen molar-refractivity contribution in [3.63, 3.8) is 0 Å². The molecule has 4 nitrogen and oxygen atoms in total. The van der Waals surface area contributed by atoms with Crippen LogP contribution in [0.3, 0.4) is 0 Å². The summed E-state index contributed by atoms with van der Waals surface area (Å²) in [4.78, 5) is 11.1. The summed E-state index contributed by atoms with van der Waals surface area (Å²) in [5.74, 6) is 1.09. The third-order valence-corrected chi connectivity index (χ3v) is 2.93. The molecule has 0 unspecified atom stereocenters. The minimum atomic E-state index is -0.149. The van der Waals surface area contributed by atoms with Gasteiger partial charge in [-0.05, 0) is 13.8 Å². The van der Waals surface area contributed by atoms with Gasteiger partial charge in [0.1, 0.15) is 11.9 Å². The van der Waals surface area contributed by atoms with E-state index < -0.39 is 0 Å². The Kier molecular flexibility index (Phi) is 7.11. The lowest BCUT2D eigenvalue weighted by molar-refractivity contribution is -0.699. The Morgan fingerprint density at radius 3 is 2.59 bits per heavy atom. The molecule has 0 radical (unpaired) electrons. The lowest BCUT2D eigenvalue weighted by atomic mass is 10.2. The van der Waals surface area contributed by atoms with Crippen molar-refractivity contribution in [1.29, 1.82) is 0 Å². The summed E-state index contributed by atoms with van der Waals surface area (Å²) in [6.45, 7) is 8.25. The number of hydrogen-bond donors (Lipinski definition) is 0. The molecule has 0 aliphatic carbocycles. The van der Waals surface area contributed by atoms with Gasteiger partial charge < -0.3 is 21.7 Å². The third-order valence-electron chi connectivity index (χ3n) is 2.93. The van der Waals surface area contributed by atoms with Crippen LogP contribution in [0.4, 0.5) is 0 Å². The first-order valence-electron chi connectivity index (χ1n) is 5.79. The summed E-state index contributed by atoms with van der Waals surface area (Å²) >= 11 is 0. The van der Waals surface area contributed by atoms with Crippen molar-refractivity contribution in [2.24, 2.45) is 0 Å². The number of ether oxygens (including phenoxy) is 1. The van der Waals surface area contributed by atoms with Gasteiger partial charge in [0.25, 0.3) is 5.82 Å². The molecule has 0 amide bonds. The Balaban J connectivity index is 0.00000256. The van der Waals surface area contributed by atoms with Crippen molar-refractivity contribution >= 4 is 5.97 Å². The summed E-state index contributed by atoms with van der Waals surface area (Å²) in [6, 6.07) is 0. The standard InChI is InChI=1S/C12H21N2O2.BrH/c1-5-13-9-11(7-8-12(15)16-4)14(6-2)10(13)3;/h9H,5-8H2,1-4H3;1H/q+1;/p-1. The van der Waals surface area contributed by atoms with Crippen molar-refractivity contribution in [3.05, 3.63) is 17.7 Å². The highest BCUT2D eigenvalue weighted by molar-refractivity contribution is 5.69. The van der Waals surface area contributed by atoms with Gasteiger partial charge in [-0.15, -0.1) is 0 Å². The summed E-state index contributed by atoms with van der Waals surface area (Å²) in [5, 5.41) is 0. The lowest BCUT2D eigenvalue weighted by Crippen LogP contribution is -3.00. The second-order valence-electron chi connectivity index (χ2n) is 3.77. The number of carbonyl (C=O) groups is 1. The van der Waals surface area contributed by atoms with Crippen LogP contribution in [-0.4, -0.2) is 17.6 Å². The number of halogens is 1. The molecule has 17 heavy (non-hydrogen) atoms. The van der Waals surface area contributed by atoms with Crippen molar-refractivity contribution in [2.45, 2.75) is 46.7 Å². The number of aromatic nitrogens is 2. The minimum absolute atomic E-state index is 0. The maximum Gasteiger partial charge on any atom is 0.305 e. The van der Waals surface area contributed by atoms with Crippen LogP contribution in [0.1, 0.15) is 31.8 Å². The summed E-state index contributed by atoms with van der Waals surface area (Å²) in [5.41, 5.74) is 1.20. The number of carbonyl (C=O) groups excluding carboxylic acids is 1. The zero-order valence-corrected chi connectivity index (χ0v) is 12.6. The van der Waals surface area contributed by atoms with Gasteiger partial charge in [0.2, 0.25) is 0 Å². The Bertz CT molecular complexity index is 375. The molecule has 0 aliphatic heterocycles. The van der Waals surface area contributed by atoms with E-state index in [1.54, 1.807) is 0 Å². The van der Waals surface area contributed by atoms with Crippen LogP contribution in [0.25, 0.3) is 0 Å².